The van der Waals surface area contributed by atoms with E-state index >= 15 is 0 Å². The van der Waals surface area contributed by atoms with E-state index in [0.717, 1.165) is 53.1 Å². The van der Waals surface area contributed by atoms with Crippen molar-refractivity contribution in [2.24, 2.45) is 0 Å². The molecule has 29 heavy (non-hydrogen) atoms. The van der Waals surface area contributed by atoms with Crippen LogP contribution in [0.15, 0.2) is 48.5 Å². The summed E-state index contributed by atoms with van der Waals surface area (Å²) < 4.78 is 11.7. The molecule has 1 aliphatic rings. The zero-order valence-electron chi connectivity index (χ0n) is 15.9. The van der Waals surface area contributed by atoms with E-state index < -0.39 is 0 Å². The number of piperidine rings is 1. The Bertz CT molecular complexity index is 916. The average molecular weight is 431 g/mol. The quantitative estimate of drug-likeness (QED) is 0.548. The van der Waals surface area contributed by atoms with Crippen molar-refractivity contribution in [2.45, 2.75) is 32.1 Å². The molecule has 0 bridgehead atoms. The van der Waals surface area contributed by atoms with Crippen molar-refractivity contribution in [3.05, 3.63) is 64.1 Å². The molecule has 152 valence electrons. The number of anilines is 1. The van der Waals surface area contributed by atoms with Crippen molar-refractivity contribution in [3.63, 3.8) is 0 Å². The van der Waals surface area contributed by atoms with Gasteiger partial charge in [0.05, 0.1) is 5.02 Å². The van der Waals surface area contributed by atoms with Crippen LogP contribution in [0.1, 0.15) is 23.4 Å². The number of aromatic nitrogens is 2. The maximum atomic E-state index is 6.42. The summed E-state index contributed by atoms with van der Waals surface area (Å²) in [5.74, 6) is 1.57. The van der Waals surface area contributed by atoms with Gasteiger partial charge < -0.3 is 20.1 Å². The summed E-state index contributed by atoms with van der Waals surface area (Å²) >= 11 is 7.90. The number of hydrogen-bond donors (Lipinski definition) is 2. The van der Waals surface area contributed by atoms with Crippen LogP contribution in [0.4, 0.5) is 5.13 Å². The molecule has 0 aliphatic carbocycles. The number of ether oxygens (including phenoxy) is 2. The molecule has 4 rings (SSSR count). The van der Waals surface area contributed by atoms with Gasteiger partial charge in [0.1, 0.15) is 24.2 Å². The minimum atomic E-state index is 0.232. The summed E-state index contributed by atoms with van der Waals surface area (Å²) in [6.07, 6.45) is 2.25. The number of nitrogens with zero attached hydrogens (tertiary/aromatic N) is 2. The second kappa shape index (κ2) is 9.91. The SMILES string of the molecule is Clc1cc(CNc2nnc(COc3ccccc3)s2)ccc1OC1CCNCC1. The number of hydrogen-bond acceptors (Lipinski definition) is 7. The van der Waals surface area contributed by atoms with Crippen LogP contribution in [0, 0.1) is 0 Å². The van der Waals surface area contributed by atoms with Crippen LogP contribution in [0.2, 0.25) is 5.02 Å². The summed E-state index contributed by atoms with van der Waals surface area (Å²) in [6.45, 7) is 2.99. The van der Waals surface area contributed by atoms with E-state index in [-0.39, 0.29) is 6.10 Å². The van der Waals surface area contributed by atoms with E-state index in [1.165, 1.54) is 11.3 Å². The second-order valence-corrected chi connectivity index (χ2v) is 8.26. The van der Waals surface area contributed by atoms with Crippen molar-refractivity contribution >= 4 is 28.1 Å². The maximum absolute atomic E-state index is 6.42. The Morgan fingerprint density at radius 1 is 1.10 bits per heavy atom. The Morgan fingerprint density at radius 2 is 1.93 bits per heavy atom. The first-order chi connectivity index (χ1) is 14.3. The first-order valence-corrected chi connectivity index (χ1v) is 10.9. The summed E-state index contributed by atoms with van der Waals surface area (Å²) in [5.41, 5.74) is 1.06. The Kier molecular flexibility index (Phi) is 6.82. The topological polar surface area (TPSA) is 68.3 Å². The molecule has 6 nitrogen and oxygen atoms in total. The van der Waals surface area contributed by atoms with Gasteiger partial charge in [0.15, 0.2) is 5.01 Å². The maximum Gasteiger partial charge on any atom is 0.206 e. The van der Waals surface area contributed by atoms with Crippen molar-refractivity contribution in [1.82, 2.24) is 15.5 Å². The fraction of sp³-hybridized carbons (Fsp3) is 0.333. The number of nitrogens with one attached hydrogen (secondary N) is 2. The fourth-order valence-corrected chi connectivity index (χ4v) is 3.96. The molecule has 3 aromatic rings. The minimum Gasteiger partial charge on any atom is -0.489 e. The van der Waals surface area contributed by atoms with Crippen LogP contribution >= 0.6 is 22.9 Å². The van der Waals surface area contributed by atoms with Crippen LogP contribution in [-0.2, 0) is 13.2 Å². The summed E-state index contributed by atoms with van der Waals surface area (Å²) in [7, 11) is 0. The summed E-state index contributed by atoms with van der Waals surface area (Å²) in [4.78, 5) is 0. The molecule has 0 spiro atoms. The highest BCUT2D eigenvalue weighted by Crippen LogP contribution is 2.28. The molecule has 8 heteroatoms. The molecule has 0 atom stereocenters. The number of para-hydroxylation sites is 1. The van der Waals surface area contributed by atoms with Gasteiger partial charge in [-0.05, 0) is 55.8 Å². The normalized spacial score (nSPS) is 14.5. The number of rotatable bonds is 8. The van der Waals surface area contributed by atoms with Crippen molar-refractivity contribution in [2.75, 3.05) is 18.4 Å². The minimum absolute atomic E-state index is 0.232. The van der Waals surface area contributed by atoms with E-state index in [4.69, 9.17) is 21.1 Å². The van der Waals surface area contributed by atoms with Crippen LogP contribution in [0.3, 0.4) is 0 Å². The van der Waals surface area contributed by atoms with Gasteiger partial charge in [0, 0.05) is 6.54 Å². The first-order valence-electron chi connectivity index (χ1n) is 9.66. The molecule has 2 aromatic carbocycles. The zero-order chi connectivity index (χ0) is 19.9. The van der Waals surface area contributed by atoms with Crippen molar-refractivity contribution < 1.29 is 9.47 Å². The van der Waals surface area contributed by atoms with Crippen LogP contribution in [0.25, 0.3) is 0 Å². The number of benzene rings is 2. The zero-order valence-corrected chi connectivity index (χ0v) is 17.5. The van der Waals surface area contributed by atoms with Gasteiger partial charge >= 0.3 is 0 Å². The van der Waals surface area contributed by atoms with E-state index in [0.29, 0.717) is 18.2 Å². The van der Waals surface area contributed by atoms with Crippen molar-refractivity contribution in [1.29, 1.82) is 0 Å². The van der Waals surface area contributed by atoms with Crippen LogP contribution < -0.4 is 20.1 Å². The molecule has 0 radical (unpaired) electrons. The summed E-state index contributed by atoms with van der Waals surface area (Å²) in [6, 6.07) is 15.6. The third-order valence-electron chi connectivity index (χ3n) is 4.59. The monoisotopic (exact) mass is 430 g/mol. The standard InChI is InChI=1S/C21H23ClN4O2S/c22-18-12-15(6-7-19(18)28-17-8-10-23-11-9-17)13-24-21-26-25-20(29-21)14-27-16-4-2-1-3-5-16/h1-7,12,17,23H,8-11,13-14H2,(H,24,26). The fourth-order valence-electron chi connectivity index (χ4n) is 3.07. The molecule has 0 unspecified atom stereocenters. The lowest BCUT2D eigenvalue weighted by molar-refractivity contribution is 0.162. The Labute approximate surface area is 179 Å². The predicted molar refractivity (Wildman–Crippen MR) is 116 cm³/mol. The average Bonchev–Trinajstić information content (AvgIpc) is 3.22. The van der Waals surface area contributed by atoms with Crippen LogP contribution in [-0.4, -0.2) is 29.4 Å². The number of halogens is 1. The molecule has 1 saturated heterocycles. The molecule has 2 N–H and O–H groups in total. The Morgan fingerprint density at radius 3 is 2.72 bits per heavy atom. The lowest BCUT2D eigenvalue weighted by Gasteiger charge is -2.24. The first kappa shape index (κ1) is 19.9. The smallest absolute Gasteiger partial charge is 0.206 e. The van der Waals surface area contributed by atoms with E-state index in [9.17, 15) is 0 Å². The molecule has 0 amide bonds. The van der Waals surface area contributed by atoms with Gasteiger partial charge in [-0.15, -0.1) is 10.2 Å². The Hall–Kier alpha value is -2.35. The highest BCUT2D eigenvalue weighted by atomic mass is 35.5. The van der Waals surface area contributed by atoms with Gasteiger partial charge in [0.2, 0.25) is 5.13 Å². The van der Waals surface area contributed by atoms with Gasteiger partial charge in [-0.1, -0.05) is 47.2 Å². The lowest BCUT2D eigenvalue weighted by Crippen LogP contribution is -2.34. The van der Waals surface area contributed by atoms with Gasteiger partial charge in [0.25, 0.3) is 0 Å². The van der Waals surface area contributed by atoms with Crippen molar-refractivity contribution in [3.8, 4) is 11.5 Å². The highest BCUT2D eigenvalue weighted by molar-refractivity contribution is 7.15. The predicted octanol–water partition coefficient (Wildman–Crippen LogP) is 4.51. The molecular formula is C21H23ClN4O2S. The van der Waals surface area contributed by atoms with Crippen LogP contribution in [0.5, 0.6) is 11.5 Å². The van der Waals surface area contributed by atoms with E-state index in [2.05, 4.69) is 20.8 Å². The van der Waals surface area contributed by atoms with Gasteiger partial charge in [-0.2, -0.15) is 0 Å². The van der Waals surface area contributed by atoms with E-state index in [1.54, 1.807) is 0 Å². The highest BCUT2D eigenvalue weighted by Gasteiger charge is 2.16. The third-order valence-corrected chi connectivity index (χ3v) is 5.74. The third kappa shape index (κ3) is 5.82. The Balaban J connectivity index is 1.27. The lowest BCUT2D eigenvalue weighted by atomic mass is 10.1. The largest absolute Gasteiger partial charge is 0.489 e. The molecule has 2 heterocycles. The molecule has 1 fully saturated rings. The van der Waals surface area contributed by atoms with Gasteiger partial charge in [-0.25, -0.2) is 0 Å². The molecular weight excluding hydrogens is 408 g/mol. The second-order valence-electron chi connectivity index (χ2n) is 6.79. The van der Waals surface area contributed by atoms with E-state index in [1.807, 2.05) is 48.5 Å². The molecule has 1 aliphatic heterocycles. The molecule has 0 saturated carbocycles. The summed E-state index contributed by atoms with van der Waals surface area (Å²) in [5, 5.41) is 17.2. The molecule has 1 aromatic heterocycles. The van der Waals surface area contributed by atoms with Gasteiger partial charge in [-0.3, -0.25) is 0 Å².